The topological polar surface area (TPSA) is 106 Å². The van der Waals surface area contributed by atoms with Gasteiger partial charge < -0.3 is 9.73 Å². The van der Waals surface area contributed by atoms with Gasteiger partial charge in [-0.15, -0.1) is 0 Å². The molecule has 0 radical (unpaired) electrons. The van der Waals surface area contributed by atoms with Crippen LogP contribution in [0.4, 0.5) is 5.82 Å². The number of carbonyl (C=O) groups excluding carboxylic acids is 1. The van der Waals surface area contributed by atoms with Gasteiger partial charge >= 0.3 is 0 Å². The van der Waals surface area contributed by atoms with Crippen molar-refractivity contribution >= 4 is 22.7 Å². The molecule has 1 saturated carbocycles. The Morgan fingerprint density at radius 2 is 2.10 bits per heavy atom. The molecule has 0 spiro atoms. The second-order valence-corrected chi connectivity index (χ2v) is 7.55. The molecule has 0 unspecified atom stereocenters. The SMILES string of the molecule is CCc1c(C)nc(-n2nc(C3CC3)cc2NC(=O)c2cc3ccccc3o2)[nH]c1=O. The first kappa shape index (κ1) is 18.4. The van der Waals surface area contributed by atoms with Gasteiger partial charge in [0, 0.05) is 28.6 Å². The van der Waals surface area contributed by atoms with Crippen molar-refractivity contribution in [3.63, 3.8) is 0 Å². The van der Waals surface area contributed by atoms with Gasteiger partial charge in [-0.2, -0.15) is 9.78 Å². The van der Waals surface area contributed by atoms with E-state index in [-0.39, 0.29) is 23.2 Å². The van der Waals surface area contributed by atoms with Crippen LogP contribution in [-0.4, -0.2) is 25.7 Å². The van der Waals surface area contributed by atoms with Crippen molar-refractivity contribution in [2.24, 2.45) is 0 Å². The fourth-order valence-electron chi connectivity index (χ4n) is 3.61. The molecule has 152 valence electrons. The minimum absolute atomic E-state index is 0.196. The fraction of sp³-hybridized carbons (Fsp3) is 0.273. The number of aromatic nitrogens is 4. The van der Waals surface area contributed by atoms with Crippen LogP contribution in [0.1, 0.15) is 53.2 Å². The van der Waals surface area contributed by atoms with Gasteiger partial charge in [0.25, 0.3) is 11.5 Å². The Morgan fingerprint density at radius 3 is 2.80 bits per heavy atom. The number of hydrogen-bond donors (Lipinski definition) is 2. The molecule has 5 rings (SSSR count). The number of aryl methyl sites for hydroxylation is 1. The van der Waals surface area contributed by atoms with Crippen LogP contribution in [0, 0.1) is 6.92 Å². The Balaban J connectivity index is 1.53. The largest absolute Gasteiger partial charge is 0.451 e. The number of H-pyrrole nitrogens is 1. The van der Waals surface area contributed by atoms with E-state index in [1.54, 1.807) is 13.0 Å². The van der Waals surface area contributed by atoms with E-state index in [2.05, 4.69) is 20.4 Å². The van der Waals surface area contributed by atoms with Crippen molar-refractivity contribution in [3.05, 3.63) is 69.5 Å². The number of fused-ring (bicyclic) bond motifs is 1. The number of nitrogens with zero attached hydrogens (tertiary/aromatic N) is 3. The molecular formula is C22H21N5O3. The zero-order valence-electron chi connectivity index (χ0n) is 16.7. The maximum Gasteiger partial charge on any atom is 0.292 e. The summed E-state index contributed by atoms with van der Waals surface area (Å²) in [4.78, 5) is 32.6. The summed E-state index contributed by atoms with van der Waals surface area (Å²) in [6.07, 6.45) is 2.72. The van der Waals surface area contributed by atoms with Crippen LogP contribution >= 0.6 is 0 Å². The Labute approximate surface area is 171 Å². The first-order valence-electron chi connectivity index (χ1n) is 10.0. The molecule has 8 nitrogen and oxygen atoms in total. The highest BCUT2D eigenvalue weighted by Gasteiger charge is 2.29. The van der Waals surface area contributed by atoms with Crippen molar-refractivity contribution in [2.45, 2.75) is 39.0 Å². The molecule has 2 N–H and O–H groups in total. The number of aromatic amines is 1. The van der Waals surface area contributed by atoms with Crippen LogP contribution < -0.4 is 10.9 Å². The first-order chi connectivity index (χ1) is 14.5. The lowest BCUT2D eigenvalue weighted by atomic mass is 10.2. The zero-order chi connectivity index (χ0) is 20.8. The zero-order valence-corrected chi connectivity index (χ0v) is 16.7. The van der Waals surface area contributed by atoms with E-state index in [9.17, 15) is 9.59 Å². The third-order valence-corrected chi connectivity index (χ3v) is 5.38. The molecule has 30 heavy (non-hydrogen) atoms. The van der Waals surface area contributed by atoms with Gasteiger partial charge in [0.05, 0.1) is 5.69 Å². The number of para-hydroxylation sites is 1. The summed E-state index contributed by atoms with van der Waals surface area (Å²) < 4.78 is 7.16. The molecule has 0 bridgehead atoms. The van der Waals surface area contributed by atoms with Crippen molar-refractivity contribution in [1.29, 1.82) is 0 Å². The minimum Gasteiger partial charge on any atom is -0.451 e. The number of carbonyl (C=O) groups is 1. The van der Waals surface area contributed by atoms with Gasteiger partial charge in [0.1, 0.15) is 11.4 Å². The van der Waals surface area contributed by atoms with E-state index < -0.39 is 0 Å². The Bertz CT molecular complexity index is 1290. The lowest BCUT2D eigenvalue weighted by Gasteiger charge is -2.09. The predicted octanol–water partition coefficient (Wildman–Crippen LogP) is 3.70. The molecular weight excluding hydrogens is 382 g/mol. The Kier molecular flexibility index (Phi) is 4.27. The van der Waals surface area contributed by atoms with Crippen molar-refractivity contribution < 1.29 is 9.21 Å². The number of furan rings is 1. The summed E-state index contributed by atoms with van der Waals surface area (Å²) in [6.45, 7) is 3.71. The van der Waals surface area contributed by atoms with Crippen LogP contribution in [0.3, 0.4) is 0 Å². The number of nitrogens with one attached hydrogen (secondary N) is 2. The van der Waals surface area contributed by atoms with E-state index in [0.717, 1.165) is 23.9 Å². The lowest BCUT2D eigenvalue weighted by Crippen LogP contribution is -2.21. The highest BCUT2D eigenvalue weighted by molar-refractivity contribution is 6.04. The molecule has 1 aliphatic carbocycles. The summed E-state index contributed by atoms with van der Waals surface area (Å²) in [5.74, 6) is 0.904. The smallest absolute Gasteiger partial charge is 0.292 e. The van der Waals surface area contributed by atoms with Crippen LogP contribution in [0.2, 0.25) is 0 Å². The second-order valence-electron chi connectivity index (χ2n) is 7.55. The molecule has 1 aromatic carbocycles. The third kappa shape index (κ3) is 3.20. The fourth-order valence-corrected chi connectivity index (χ4v) is 3.61. The number of rotatable bonds is 5. The van der Waals surface area contributed by atoms with Gasteiger partial charge in [-0.05, 0) is 38.3 Å². The molecule has 8 heteroatoms. The summed E-state index contributed by atoms with van der Waals surface area (Å²) in [5, 5.41) is 8.32. The predicted molar refractivity (Wildman–Crippen MR) is 112 cm³/mol. The number of anilines is 1. The molecule has 1 fully saturated rings. The second kappa shape index (κ2) is 6.98. The van der Waals surface area contributed by atoms with Gasteiger partial charge in [-0.3, -0.25) is 14.6 Å². The van der Waals surface area contributed by atoms with Crippen molar-refractivity contribution in [3.8, 4) is 5.95 Å². The Morgan fingerprint density at radius 1 is 1.30 bits per heavy atom. The van der Waals surface area contributed by atoms with Crippen LogP contribution in [-0.2, 0) is 6.42 Å². The summed E-state index contributed by atoms with van der Waals surface area (Å²) in [7, 11) is 0. The third-order valence-electron chi connectivity index (χ3n) is 5.38. The van der Waals surface area contributed by atoms with Gasteiger partial charge in [0.15, 0.2) is 5.76 Å². The lowest BCUT2D eigenvalue weighted by molar-refractivity contribution is 0.0998. The number of benzene rings is 1. The molecule has 3 heterocycles. The number of amides is 1. The average molecular weight is 403 g/mol. The van der Waals surface area contributed by atoms with E-state index >= 15 is 0 Å². The standard InChI is InChI=1S/C22H21N5O3/c1-3-15-12(2)23-22(25-20(15)28)27-19(11-16(26-27)13-8-9-13)24-21(29)18-10-14-6-4-5-7-17(14)30-18/h4-7,10-11,13H,3,8-9H2,1-2H3,(H,24,29)(H,23,25,28). The number of hydrogen-bond acceptors (Lipinski definition) is 5. The van der Waals surface area contributed by atoms with E-state index in [1.165, 1.54) is 4.68 Å². The van der Waals surface area contributed by atoms with Gasteiger partial charge in [-0.25, -0.2) is 4.98 Å². The molecule has 1 aliphatic rings. The maximum absolute atomic E-state index is 12.9. The first-order valence-corrected chi connectivity index (χ1v) is 10.0. The van der Waals surface area contributed by atoms with E-state index in [0.29, 0.717) is 35.0 Å². The Hall–Kier alpha value is -3.68. The summed E-state index contributed by atoms with van der Waals surface area (Å²) >= 11 is 0. The quantitative estimate of drug-likeness (QED) is 0.528. The normalized spacial score (nSPS) is 13.7. The molecule has 0 saturated heterocycles. The van der Waals surface area contributed by atoms with Crippen LogP contribution in [0.15, 0.2) is 45.6 Å². The maximum atomic E-state index is 12.9. The summed E-state index contributed by atoms with van der Waals surface area (Å²) in [6, 6.07) is 11.0. The van der Waals surface area contributed by atoms with Crippen molar-refractivity contribution in [1.82, 2.24) is 19.7 Å². The highest BCUT2D eigenvalue weighted by Crippen LogP contribution is 2.40. The van der Waals surface area contributed by atoms with Crippen molar-refractivity contribution in [2.75, 3.05) is 5.32 Å². The average Bonchev–Trinajstić information content (AvgIpc) is 3.34. The van der Waals surface area contributed by atoms with E-state index in [4.69, 9.17) is 4.42 Å². The molecule has 0 aliphatic heterocycles. The van der Waals surface area contributed by atoms with Crippen LogP contribution in [0.5, 0.6) is 0 Å². The molecule has 1 amide bonds. The van der Waals surface area contributed by atoms with Gasteiger partial charge in [0.2, 0.25) is 5.95 Å². The molecule has 3 aromatic heterocycles. The molecule has 0 atom stereocenters. The molecule has 4 aromatic rings. The highest BCUT2D eigenvalue weighted by atomic mass is 16.3. The van der Waals surface area contributed by atoms with E-state index in [1.807, 2.05) is 37.3 Å². The monoisotopic (exact) mass is 403 g/mol. The minimum atomic E-state index is -0.390. The van der Waals surface area contributed by atoms with Gasteiger partial charge in [-0.1, -0.05) is 25.1 Å². The summed E-state index contributed by atoms with van der Waals surface area (Å²) in [5.41, 5.74) is 2.61. The van der Waals surface area contributed by atoms with Crippen LogP contribution in [0.25, 0.3) is 16.9 Å².